The Labute approximate surface area is 69.7 Å². The lowest BCUT2D eigenvalue weighted by atomic mass is 9.77. The summed E-state index contributed by atoms with van der Waals surface area (Å²) in [6, 6.07) is 0. The van der Waals surface area contributed by atoms with E-state index in [0.717, 1.165) is 11.8 Å². The molecule has 0 aromatic rings. The van der Waals surface area contributed by atoms with Gasteiger partial charge in [-0.25, -0.2) is 0 Å². The molecule has 2 atom stereocenters. The van der Waals surface area contributed by atoms with Crippen LogP contribution in [-0.4, -0.2) is 0 Å². The van der Waals surface area contributed by atoms with Gasteiger partial charge in [0, 0.05) is 0 Å². The van der Waals surface area contributed by atoms with Crippen molar-refractivity contribution in [2.75, 3.05) is 0 Å². The molecule has 62 valence electrons. The van der Waals surface area contributed by atoms with Gasteiger partial charge in [0.25, 0.3) is 0 Å². The molecule has 11 heavy (non-hydrogen) atoms. The molecule has 2 saturated carbocycles. The van der Waals surface area contributed by atoms with Crippen molar-refractivity contribution in [3.8, 4) is 0 Å². The second-order valence-electron chi connectivity index (χ2n) is 4.18. The third kappa shape index (κ3) is 1.36. The quantitative estimate of drug-likeness (QED) is 0.463. The van der Waals surface area contributed by atoms with Crippen LogP contribution in [0.3, 0.4) is 0 Å². The standard InChI is InChI=1S/C11H18/c1-9-10-5-2-3-6-11(9)8-4-7-10/h10-11H,1-8H2. The smallest absolute Gasteiger partial charge is 0.0203 e. The van der Waals surface area contributed by atoms with Crippen LogP contribution >= 0.6 is 0 Å². The Bertz CT molecular complexity index is 141. The number of rotatable bonds is 0. The molecule has 0 saturated heterocycles. The largest absolute Gasteiger partial charge is 0.0993 e. The summed E-state index contributed by atoms with van der Waals surface area (Å²) < 4.78 is 0. The Balaban J connectivity index is 2.12. The SMILES string of the molecule is C=C1C2CCCCC1CCC2. The second kappa shape index (κ2) is 3.00. The van der Waals surface area contributed by atoms with Crippen molar-refractivity contribution in [3.05, 3.63) is 12.2 Å². The van der Waals surface area contributed by atoms with E-state index in [1.54, 1.807) is 5.57 Å². The van der Waals surface area contributed by atoms with E-state index in [2.05, 4.69) is 6.58 Å². The lowest BCUT2D eigenvalue weighted by Crippen LogP contribution is -2.15. The number of hydrogen-bond donors (Lipinski definition) is 0. The van der Waals surface area contributed by atoms with E-state index in [1.165, 1.54) is 44.9 Å². The summed E-state index contributed by atoms with van der Waals surface area (Å²) in [5, 5.41) is 0. The molecule has 0 aliphatic heterocycles. The summed E-state index contributed by atoms with van der Waals surface area (Å²) in [6.07, 6.45) is 10.1. The fourth-order valence-corrected chi connectivity index (χ4v) is 2.76. The van der Waals surface area contributed by atoms with Crippen LogP contribution in [-0.2, 0) is 0 Å². The average molecular weight is 150 g/mol. The van der Waals surface area contributed by atoms with Crippen molar-refractivity contribution in [1.29, 1.82) is 0 Å². The van der Waals surface area contributed by atoms with Crippen LogP contribution in [0.25, 0.3) is 0 Å². The highest BCUT2D eigenvalue weighted by molar-refractivity contribution is 5.09. The molecule has 0 nitrogen and oxygen atoms in total. The Morgan fingerprint density at radius 3 is 1.82 bits per heavy atom. The van der Waals surface area contributed by atoms with Gasteiger partial charge in [0.2, 0.25) is 0 Å². The summed E-state index contributed by atoms with van der Waals surface area (Å²) in [4.78, 5) is 0. The van der Waals surface area contributed by atoms with Crippen LogP contribution in [0.4, 0.5) is 0 Å². The highest BCUT2D eigenvalue weighted by Gasteiger charge is 2.27. The third-order valence-corrected chi connectivity index (χ3v) is 3.51. The van der Waals surface area contributed by atoms with Gasteiger partial charge >= 0.3 is 0 Å². The first-order chi connectivity index (χ1) is 5.38. The Morgan fingerprint density at radius 2 is 1.27 bits per heavy atom. The van der Waals surface area contributed by atoms with Gasteiger partial charge in [0.1, 0.15) is 0 Å². The molecule has 0 heterocycles. The lowest BCUT2D eigenvalue weighted by Gasteiger charge is -2.29. The third-order valence-electron chi connectivity index (χ3n) is 3.51. The van der Waals surface area contributed by atoms with Crippen molar-refractivity contribution in [3.63, 3.8) is 0 Å². The first-order valence-electron chi connectivity index (χ1n) is 5.06. The molecule has 2 aliphatic carbocycles. The van der Waals surface area contributed by atoms with Crippen LogP contribution < -0.4 is 0 Å². The zero-order valence-electron chi connectivity index (χ0n) is 7.31. The maximum Gasteiger partial charge on any atom is -0.0203 e. The summed E-state index contributed by atoms with van der Waals surface area (Å²) in [5.74, 6) is 1.83. The van der Waals surface area contributed by atoms with E-state index in [-0.39, 0.29) is 0 Å². The molecule has 0 aromatic heterocycles. The van der Waals surface area contributed by atoms with Crippen LogP contribution in [0.5, 0.6) is 0 Å². The van der Waals surface area contributed by atoms with Gasteiger partial charge in [0.15, 0.2) is 0 Å². The molecule has 0 spiro atoms. The average Bonchev–Trinajstić information content (AvgIpc) is 2.17. The predicted octanol–water partition coefficient (Wildman–Crippen LogP) is 3.53. The molecule has 2 unspecified atom stereocenters. The van der Waals surface area contributed by atoms with E-state index in [4.69, 9.17) is 0 Å². The van der Waals surface area contributed by atoms with E-state index < -0.39 is 0 Å². The highest BCUT2D eigenvalue weighted by atomic mass is 14.3. The summed E-state index contributed by atoms with van der Waals surface area (Å²) in [5.41, 5.74) is 1.61. The topological polar surface area (TPSA) is 0 Å². The molecule has 2 fully saturated rings. The van der Waals surface area contributed by atoms with Crippen LogP contribution in [0.15, 0.2) is 12.2 Å². The summed E-state index contributed by atoms with van der Waals surface area (Å²) in [6.45, 7) is 4.26. The zero-order chi connectivity index (χ0) is 7.68. The van der Waals surface area contributed by atoms with Gasteiger partial charge in [-0.15, -0.1) is 0 Å². The molecule has 0 N–H and O–H groups in total. The lowest BCUT2D eigenvalue weighted by molar-refractivity contribution is 0.373. The van der Waals surface area contributed by atoms with E-state index in [9.17, 15) is 0 Å². The van der Waals surface area contributed by atoms with Gasteiger partial charge in [-0.05, 0) is 37.5 Å². The van der Waals surface area contributed by atoms with E-state index >= 15 is 0 Å². The van der Waals surface area contributed by atoms with Crippen molar-refractivity contribution in [2.24, 2.45) is 11.8 Å². The van der Waals surface area contributed by atoms with Gasteiger partial charge < -0.3 is 0 Å². The minimum atomic E-state index is 0.913. The number of hydrogen-bond acceptors (Lipinski definition) is 0. The first-order valence-corrected chi connectivity index (χ1v) is 5.06. The normalized spacial score (nSPS) is 38.4. The maximum atomic E-state index is 4.26. The fourth-order valence-electron chi connectivity index (χ4n) is 2.76. The number of fused-ring (bicyclic) bond motifs is 2. The molecule has 0 radical (unpaired) electrons. The highest BCUT2D eigenvalue weighted by Crippen LogP contribution is 2.41. The molecule has 2 bridgehead atoms. The molecule has 2 rings (SSSR count). The van der Waals surface area contributed by atoms with Gasteiger partial charge in [-0.3, -0.25) is 0 Å². The minimum Gasteiger partial charge on any atom is -0.0993 e. The monoisotopic (exact) mass is 150 g/mol. The van der Waals surface area contributed by atoms with Crippen LogP contribution in [0.2, 0.25) is 0 Å². The van der Waals surface area contributed by atoms with Gasteiger partial charge in [-0.1, -0.05) is 31.4 Å². The summed E-state index contributed by atoms with van der Waals surface area (Å²) >= 11 is 0. The van der Waals surface area contributed by atoms with Gasteiger partial charge in [-0.2, -0.15) is 0 Å². The van der Waals surface area contributed by atoms with Crippen molar-refractivity contribution < 1.29 is 0 Å². The van der Waals surface area contributed by atoms with E-state index in [1.807, 2.05) is 0 Å². The molecule has 2 aliphatic rings. The van der Waals surface area contributed by atoms with Crippen LogP contribution in [0.1, 0.15) is 44.9 Å². The second-order valence-corrected chi connectivity index (χ2v) is 4.18. The van der Waals surface area contributed by atoms with Crippen molar-refractivity contribution in [2.45, 2.75) is 44.9 Å². The predicted molar refractivity (Wildman–Crippen MR) is 48.4 cm³/mol. The van der Waals surface area contributed by atoms with Crippen LogP contribution in [0, 0.1) is 11.8 Å². The first kappa shape index (κ1) is 7.39. The van der Waals surface area contributed by atoms with E-state index in [0.29, 0.717) is 0 Å². The maximum absolute atomic E-state index is 4.26. The van der Waals surface area contributed by atoms with Gasteiger partial charge in [0.05, 0.1) is 0 Å². The Kier molecular flexibility index (Phi) is 2.02. The molecule has 0 amide bonds. The van der Waals surface area contributed by atoms with Crippen molar-refractivity contribution in [1.82, 2.24) is 0 Å². The Morgan fingerprint density at radius 1 is 0.818 bits per heavy atom. The molecular weight excluding hydrogens is 132 g/mol. The van der Waals surface area contributed by atoms with Crippen molar-refractivity contribution >= 4 is 0 Å². The fraction of sp³-hybridized carbons (Fsp3) is 0.818. The minimum absolute atomic E-state index is 0.913. The molecular formula is C11H18. The summed E-state index contributed by atoms with van der Waals surface area (Å²) in [7, 11) is 0. The molecule has 0 heteroatoms. The molecule has 0 aromatic carbocycles. The zero-order valence-corrected chi connectivity index (χ0v) is 7.31. The Hall–Kier alpha value is -0.260. The number of allylic oxidation sites excluding steroid dienone is 1.